The van der Waals surface area contributed by atoms with E-state index in [2.05, 4.69) is 25.5 Å². The summed E-state index contributed by atoms with van der Waals surface area (Å²) < 4.78 is 0. The number of nitro groups is 1. The molecule has 0 fully saturated rings. The van der Waals surface area contributed by atoms with Gasteiger partial charge in [-0.25, -0.2) is 4.98 Å². The Labute approximate surface area is 125 Å². The van der Waals surface area contributed by atoms with Gasteiger partial charge in [0, 0.05) is 13.1 Å². The molecule has 8 heteroatoms. The van der Waals surface area contributed by atoms with Crippen LogP contribution in [0.3, 0.4) is 0 Å². The molecular weight excluding hydrogens is 272 g/mol. The fourth-order valence-corrected chi connectivity index (χ4v) is 1.83. The van der Waals surface area contributed by atoms with Gasteiger partial charge in [0.15, 0.2) is 0 Å². The van der Waals surface area contributed by atoms with E-state index in [4.69, 9.17) is 0 Å². The number of nitrogens with zero attached hydrogens (tertiary/aromatic N) is 4. The molecule has 0 saturated heterocycles. The minimum absolute atomic E-state index is 0.0538. The zero-order valence-electron chi connectivity index (χ0n) is 13.1. The molecule has 1 rings (SSSR count). The van der Waals surface area contributed by atoms with Gasteiger partial charge in [0.05, 0.1) is 4.92 Å². The van der Waals surface area contributed by atoms with Crippen molar-refractivity contribution in [1.82, 2.24) is 14.9 Å². The Morgan fingerprint density at radius 1 is 1.24 bits per heavy atom. The SMILES string of the molecule is CCCNc1nc(C)c([N+](=O)[O-])c(NCCCN(C)C)n1. The Balaban J connectivity index is 2.85. The lowest BCUT2D eigenvalue weighted by Crippen LogP contribution is -2.17. The van der Waals surface area contributed by atoms with Crippen LogP contribution < -0.4 is 10.6 Å². The zero-order valence-corrected chi connectivity index (χ0v) is 13.1. The van der Waals surface area contributed by atoms with Crippen LogP contribution in [0, 0.1) is 17.0 Å². The van der Waals surface area contributed by atoms with Gasteiger partial charge in [0.25, 0.3) is 0 Å². The van der Waals surface area contributed by atoms with E-state index < -0.39 is 4.92 Å². The zero-order chi connectivity index (χ0) is 15.8. The molecule has 1 aromatic rings. The molecule has 21 heavy (non-hydrogen) atoms. The number of aryl methyl sites for hydroxylation is 1. The van der Waals surface area contributed by atoms with Crippen LogP contribution in [0.5, 0.6) is 0 Å². The van der Waals surface area contributed by atoms with Crippen LogP contribution in [0.25, 0.3) is 0 Å². The summed E-state index contributed by atoms with van der Waals surface area (Å²) in [6.07, 6.45) is 1.82. The Bertz CT molecular complexity index is 478. The minimum atomic E-state index is -0.437. The number of anilines is 2. The molecule has 0 radical (unpaired) electrons. The van der Waals surface area contributed by atoms with E-state index in [1.54, 1.807) is 6.92 Å². The molecule has 0 unspecified atom stereocenters. The highest BCUT2D eigenvalue weighted by Crippen LogP contribution is 2.26. The fraction of sp³-hybridized carbons (Fsp3) is 0.692. The van der Waals surface area contributed by atoms with Crippen molar-refractivity contribution in [3.05, 3.63) is 15.8 Å². The number of nitrogens with one attached hydrogen (secondary N) is 2. The first-order chi connectivity index (χ1) is 9.95. The second-order valence-corrected chi connectivity index (χ2v) is 5.10. The second-order valence-electron chi connectivity index (χ2n) is 5.10. The molecular formula is C13H24N6O2. The maximum Gasteiger partial charge on any atom is 0.332 e. The Kier molecular flexibility index (Phi) is 6.80. The maximum absolute atomic E-state index is 11.2. The van der Waals surface area contributed by atoms with Crippen molar-refractivity contribution < 1.29 is 4.92 Å². The summed E-state index contributed by atoms with van der Waals surface area (Å²) in [5, 5.41) is 17.3. The summed E-state index contributed by atoms with van der Waals surface area (Å²) in [6, 6.07) is 0. The van der Waals surface area contributed by atoms with Crippen LogP contribution in [0.2, 0.25) is 0 Å². The minimum Gasteiger partial charge on any atom is -0.364 e. The molecule has 0 aliphatic heterocycles. The molecule has 0 saturated carbocycles. The molecule has 0 atom stereocenters. The van der Waals surface area contributed by atoms with Crippen LogP contribution in [-0.2, 0) is 0 Å². The molecule has 118 valence electrons. The molecule has 8 nitrogen and oxygen atoms in total. The van der Waals surface area contributed by atoms with Crippen molar-refractivity contribution in [3.63, 3.8) is 0 Å². The van der Waals surface area contributed by atoms with E-state index in [1.165, 1.54) is 0 Å². The molecule has 1 heterocycles. The van der Waals surface area contributed by atoms with E-state index in [0.717, 1.165) is 25.9 Å². The molecule has 0 aromatic carbocycles. The molecule has 0 aliphatic carbocycles. The topological polar surface area (TPSA) is 96.2 Å². The monoisotopic (exact) mass is 296 g/mol. The van der Waals surface area contributed by atoms with Gasteiger partial charge in [-0.15, -0.1) is 0 Å². The van der Waals surface area contributed by atoms with Gasteiger partial charge >= 0.3 is 5.69 Å². The summed E-state index contributed by atoms with van der Waals surface area (Å²) in [4.78, 5) is 21.2. The Hall–Kier alpha value is -1.96. The normalized spacial score (nSPS) is 10.7. The van der Waals surface area contributed by atoms with Crippen molar-refractivity contribution in [2.75, 3.05) is 44.4 Å². The highest BCUT2D eigenvalue weighted by atomic mass is 16.6. The predicted octanol–water partition coefficient (Wildman–Crippen LogP) is 1.88. The van der Waals surface area contributed by atoms with Gasteiger partial charge in [-0.05, 0) is 40.4 Å². The Morgan fingerprint density at radius 3 is 2.52 bits per heavy atom. The van der Waals surface area contributed by atoms with Crippen molar-refractivity contribution in [1.29, 1.82) is 0 Å². The molecule has 0 spiro atoms. The number of hydrogen-bond acceptors (Lipinski definition) is 7. The van der Waals surface area contributed by atoms with E-state index in [1.807, 2.05) is 21.0 Å². The number of aromatic nitrogens is 2. The summed E-state index contributed by atoms with van der Waals surface area (Å²) in [5.74, 6) is 0.708. The van der Waals surface area contributed by atoms with Crippen molar-refractivity contribution in [3.8, 4) is 0 Å². The first-order valence-electron chi connectivity index (χ1n) is 7.11. The van der Waals surface area contributed by atoms with Gasteiger partial charge in [-0.1, -0.05) is 6.92 Å². The molecule has 0 bridgehead atoms. The average Bonchev–Trinajstić information content (AvgIpc) is 2.40. The standard InChI is InChI=1S/C13H24N6O2/c1-5-7-15-13-16-10(2)11(19(20)21)12(17-13)14-8-6-9-18(3)4/h5-9H2,1-4H3,(H2,14,15,16,17). The van der Waals surface area contributed by atoms with E-state index in [-0.39, 0.29) is 11.5 Å². The third-order valence-corrected chi connectivity index (χ3v) is 2.85. The van der Waals surface area contributed by atoms with Gasteiger partial charge in [-0.2, -0.15) is 4.98 Å². The summed E-state index contributed by atoms with van der Waals surface area (Å²) in [6.45, 7) is 5.93. The first-order valence-corrected chi connectivity index (χ1v) is 7.11. The highest BCUT2D eigenvalue weighted by molar-refractivity contribution is 5.60. The lowest BCUT2D eigenvalue weighted by molar-refractivity contribution is -0.385. The van der Waals surface area contributed by atoms with Crippen molar-refractivity contribution in [2.24, 2.45) is 0 Å². The van der Waals surface area contributed by atoms with Gasteiger partial charge in [0.1, 0.15) is 5.69 Å². The molecule has 0 aliphatic rings. The van der Waals surface area contributed by atoms with E-state index in [0.29, 0.717) is 18.2 Å². The first kappa shape index (κ1) is 17.1. The lowest BCUT2D eigenvalue weighted by Gasteiger charge is -2.12. The van der Waals surface area contributed by atoms with Gasteiger partial charge in [-0.3, -0.25) is 10.1 Å². The maximum atomic E-state index is 11.2. The van der Waals surface area contributed by atoms with Crippen molar-refractivity contribution >= 4 is 17.5 Å². The summed E-state index contributed by atoms with van der Waals surface area (Å²) in [5.41, 5.74) is 0.311. The van der Waals surface area contributed by atoms with Crippen LogP contribution in [0.1, 0.15) is 25.5 Å². The van der Waals surface area contributed by atoms with Gasteiger partial charge < -0.3 is 15.5 Å². The second kappa shape index (κ2) is 8.35. The van der Waals surface area contributed by atoms with E-state index in [9.17, 15) is 10.1 Å². The number of rotatable bonds is 9. The smallest absolute Gasteiger partial charge is 0.332 e. The summed E-state index contributed by atoms with van der Waals surface area (Å²) >= 11 is 0. The predicted molar refractivity (Wildman–Crippen MR) is 83.9 cm³/mol. The quantitative estimate of drug-likeness (QED) is 0.408. The molecule has 1 aromatic heterocycles. The van der Waals surface area contributed by atoms with Gasteiger partial charge in [0.2, 0.25) is 11.8 Å². The van der Waals surface area contributed by atoms with Crippen LogP contribution in [-0.4, -0.2) is 53.5 Å². The Morgan fingerprint density at radius 2 is 1.95 bits per heavy atom. The van der Waals surface area contributed by atoms with Crippen molar-refractivity contribution in [2.45, 2.75) is 26.7 Å². The number of hydrogen-bond donors (Lipinski definition) is 2. The average molecular weight is 296 g/mol. The molecule has 0 amide bonds. The third kappa shape index (κ3) is 5.50. The fourth-order valence-electron chi connectivity index (χ4n) is 1.83. The third-order valence-electron chi connectivity index (χ3n) is 2.85. The lowest BCUT2D eigenvalue weighted by atomic mass is 10.3. The van der Waals surface area contributed by atoms with Crippen LogP contribution >= 0.6 is 0 Å². The van der Waals surface area contributed by atoms with E-state index >= 15 is 0 Å². The van der Waals surface area contributed by atoms with Crippen LogP contribution in [0.4, 0.5) is 17.5 Å². The summed E-state index contributed by atoms with van der Waals surface area (Å²) in [7, 11) is 3.98. The largest absolute Gasteiger partial charge is 0.364 e. The highest BCUT2D eigenvalue weighted by Gasteiger charge is 2.21. The molecule has 2 N–H and O–H groups in total. The van der Waals surface area contributed by atoms with Crippen LogP contribution in [0.15, 0.2) is 0 Å².